The fourth-order valence-corrected chi connectivity index (χ4v) is 1.20. The van der Waals surface area contributed by atoms with Crippen molar-refractivity contribution in [2.45, 2.75) is 13.0 Å². The number of amides is 1. The first-order chi connectivity index (χ1) is 8.13. The molecule has 0 saturated heterocycles. The second-order valence-corrected chi connectivity index (χ2v) is 3.61. The minimum atomic E-state index is -0.494. The molecule has 1 unspecified atom stereocenters. The lowest BCUT2D eigenvalue weighted by molar-refractivity contribution is -0.122. The summed E-state index contributed by atoms with van der Waals surface area (Å²) in [6.45, 7) is 2.46. The first-order valence-corrected chi connectivity index (χ1v) is 5.43. The SMILES string of the molecule is COc1cccc(OCCNC(=O)C(C)N)c1. The van der Waals surface area contributed by atoms with Crippen LogP contribution in [0.1, 0.15) is 6.92 Å². The molecule has 0 saturated carbocycles. The lowest BCUT2D eigenvalue weighted by Crippen LogP contribution is -2.40. The summed E-state index contributed by atoms with van der Waals surface area (Å²) in [6, 6.07) is 6.80. The third kappa shape index (κ3) is 4.74. The number of nitrogens with one attached hydrogen (secondary N) is 1. The molecule has 1 amide bonds. The number of hydrogen-bond acceptors (Lipinski definition) is 4. The first kappa shape index (κ1) is 13.3. The summed E-state index contributed by atoms with van der Waals surface area (Å²) >= 11 is 0. The topological polar surface area (TPSA) is 73.6 Å². The van der Waals surface area contributed by atoms with Crippen LogP contribution in [-0.2, 0) is 4.79 Å². The molecule has 1 aromatic carbocycles. The Morgan fingerprint density at radius 2 is 2.18 bits per heavy atom. The number of hydrogen-bond donors (Lipinski definition) is 2. The highest BCUT2D eigenvalue weighted by Crippen LogP contribution is 2.18. The molecule has 0 heterocycles. The van der Waals surface area contributed by atoms with E-state index in [1.807, 2.05) is 18.2 Å². The average Bonchev–Trinajstić information content (AvgIpc) is 2.34. The van der Waals surface area contributed by atoms with Gasteiger partial charge in [-0.15, -0.1) is 0 Å². The molecule has 1 atom stereocenters. The fourth-order valence-electron chi connectivity index (χ4n) is 1.20. The monoisotopic (exact) mass is 238 g/mol. The molecule has 5 heteroatoms. The summed E-state index contributed by atoms with van der Waals surface area (Å²) < 4.78 is 10.5. The highest BCUT2D eigenvalue weighted by Gasteiger charge is 2.05. The molecule has 0 aliphatic rings. The van der Waals surface area contributed by atoms with Crippen LogP contribution in [0.3, 0.4) is 0 Å². The van der Waals surface area contributed by atoms with E-state index in [1.54, 1.807) is 20.1 Å². The second kappa shape index (κ2) is 6.75. The third-order valence-electron chi connectivity index (χ3n) is 2.12. The summed E-state index contributed by atoms with van der Waals surface area (Å²) in [7, 11) is 1.60. The number of ether oxygens (including phenoxy) is 2. The van der Waals surface area contributed by atoms with Crippen LogP contribution in [0, 0.1) is 0 Å². The van der Waals surface area contributed by atoms with Gasteiger partial charge in [-0.25, -0.2) is 0 Å². The quantitative estimate of drug-likeness (QED) is 0.709. The van der Waals surface area contributed by atoms with Crippen molar-refractivity contribution in [3.63, 3.8) is 0 Å². The highest BCUT2D eigenvalue weighted by molar-refractivity contribution is 5.80. The molecule has 5 nitrogen and oxygen atoms in total. The van der Waals surface area contributed by atoms with E-state index in [9.17, 15) is 4.79 Å². The molecular weight excluding hydrogens is 220 g/mol. The molecule has 17 heavy (non-hydrogen) atoms. The number of benzene rings is 1. The summed E-state index contributed by atoms with van der Waals surface area (Å²) in [5.41, 5.74) is 5.40. The van der Waals surface area contributed by atoms with Gasteiger partial charge in [0.1, 0.15) is 18.1 Å². The number of rotatable bonds is 6. The van der Waals surface area contributed by atoms with Gasteiger partial charge in [-0.2, -0.15) is 0 Å². The molecule has 1 rings (SSSR count). The van der Waals surface area contributed by atoms with E-state index in [1.165, 1.54) is 0 Å². The molecule has 3 N–H and O–H groups in total. The van der Waals surface area contributed by atoms with Crippen molar-refractivity contribution in [2.75, 3.05) is 20.3 Å². The molecule has 0 spiro atoms. The van der Waals surface area contributed by atoms with Crippen LogP contribution < -0.4 is 20.5 Å². The fraction of sp³-hybridized carbons (Fsp3) is 0.417. The summed E-state index contributed by atoms with van der Waals surface area (Å²) in [5.74, 6) is 1.26. The summed E-state index contributed by atoms with van der Waals surface area (Å²) in [5, 5.41) is 2.66. The van der Waals surface area contributed by atoms with Crippen molar-refractivity contribution in [1.82, 2.24) is 5.32 Å². The predicted molar refractivity (Wildman–Crippen MR) is 65.1 cm³/mol. The number of carbonyl (C=O) groups is 1. The van der Waals surface area contributed by atoms with Gasteiger partial charge in [-0.05, 0) is 19.1 Å². The average molecular weight is 238 g/mol. The standard InChI is InChI=1S/C12H18N2O3/c1-9(13)12(15)14-6-7-17-11-5-3-4-10(8-11)16-2/h3-5,8-9H,6-7,13H2,1-2H3,(H,14,15). The normalized spacial score (nSPS) is 11.7. The Kier molecular flexibility index (Phi) is 5.29. The van der Waals surface area contributed by atoms with Crippen molar-refractivity contribution >= 4 is 5.91 Å². The van der Waals surface area contributed by atoms with Crippen molar-refractivity contribution in [2.24, 2.45) is 5.73 Å². The molecule has 0 aromatic heterocycles. The van der Waals surface area contributed by atoms with Gasteiger partial charge in [-0.1, -0.05) is 6.07 Å². The minimum absolute atomic E-state index is 0.181. The Labute approximate surface area is 101 Å². The highest BCUT2D eigenvalue weighted by atomic mass is 16.5. The Bertz CT molecular complexity index is 367. The van der Waals surface area contributed by atoms with Gasteiger partial charge >= 0.3 is 0 Å². The Morgan fingerprint density at radius 3 is 2.82 bits per heavy atom. The van der Waals surface area contributed by atoms with Crippen molar-refractivity contribution in [1.29, 1.82) is 0 Å². The molecule has 0 fully saturated rings. The van der Waals surface area contributed by atoms with Gasteiger partial charge in [-0.3, -0.25) is 4.79 Å². The van der Waals surface area contributed by atoms with Gasteiger partial charge in [0, 0.05) is 6.07 Å². The first-order valence-electron chi connectivity index (χ1n) is 5.43. The molecular formula is C12H18N2O3. The lowest BCUT2D eigenvalue weighted by Gasteiger charge is -2.09. The van der Waals surface area contributed by atoms with E-state index in [4.69, 9.17) is 15.2 Å². The minimum Gasteiger partial charge on any atom is -0.497 e. The largest absolute Gasteiger partial charge is 0.497 e. The number of methoxy groups -OCH3 is 1. The van der Waals surface area contributed by atoms with E-state index in [2.05, 4.69) is 5.32 Å². The van der Waals surface area contributed by atoms with Crippen LogP contribution in [0.5, 0.6) is 11.5 Å². The van der Waals surface area contributed by atoms with Crippen LogP contribution >= 0.6 is 0 Å². The van der Waals surface area contributed by atoms with Crippen molar-refractivity contribution < 1.29 is 14.3 Å². The smallest absolute Gasteiger partial charge is 0.236 e. The van der Waals surface area contributed by atoms with Crippen LogP contribution in [0.2, 0.25) is 0 Å². The van der Waals surface area contributed by atoms with Crippen LogP contribution in [-0.4, -0.2) is 32.2 Å². The maximum Gasteiger partial charge on any atom is 0.236 e. The maximum atomic E-state index is 11.1. The zero-order valence-corrected chi connectivity index (χ0v) is 10.1. The molecule has 0 aliphatic heterocycles. The van der Waals surface area contributed by atoms with E-state index < -0.39 is 6.04 Å². The number of nitrogens with two attached hydrogens (primary N) is 1. The molecule has 94 valence electrons. The Hall–Kier alpha value is -1.75. The van der Waals surface area contributed by atoms with Gasteiger partial charge in [0.25, 0.3) is 0 Å². The second-order valence-electron chi connectivity index (χ2n) is 3.61. The van der Waals surface area contributed by atoms with Crippen molar-refractivity contribution in [3.05, 3.63) is 24.3 Å². The molecule has 1 aromatic rings. The van der Waals surface area contributed by atoms with E-state index in [0.717, 1.165) is 5.75 Å². The number of carbonyl (C=O) groups excluding carboxylic acids is 1. The van der Waals surface area contributed by atoms with Crippen LogP contribution in [0.25, 0.3) is 0 Å². The van der Waals surface area contributed by atoms with E-state index in [-0.39, 0.29) is 5.91 Å². The van der Waals surface area contributed by atoms with Crippen molar-refractivity contribution in [3.8, 4) is 11.5 Å². The Morgan fingerprint density at radius 1 is 1.47 bits per heavy atom. The van der Waals surface area contributed by atoms with E-state index in [0.29, 0.717) is 18.9 Å². The van der Waals surface area contributed by atoms with Crippen LogP contribution in [0.4, 0.5) is 0 Å². The Balaban J connectivity index is 2.28. The zero-order valence-electron chi connectivity index (χ0n) is 10.1. The molecule has 0 bridgehead atoms. The molecule has 0 radical (unpaired) electrons. The third-order valence-corrected chi connectivity index (χ3v) is 2.12. The summed E-state index contributed by atoms with van der Waals surface area (Å²) in [4.78, 5) is 11.1. The van der Waals surface area contributed by atoms with Gasteiger partial charge < -0.3 is 20.5 Å². The zero-order chi connectivity index (χ0) is 12.7. The molecule has 0 aliphatic carbocycles. The lowest BCUT2D eigenvalue weighted by atomic mass is 10.3. The maximum absolute atomic E-state index is 11.1. The van der Waals surface area contributed by atoms with Gasteiger partial charge in [0.05, 0.1) is 19.7 Å². The van der Waals surface area contributed by atoms with Crippen LogP contribution in [0.15, 0.2) is 24.3 Å². The van der Waals surface area contributed by atoms with E-state index >= 15 is 0 Å². The van der Waals surface area contributed by atoms with Gasteiger partial charge in [0.2, 0.25) is 5.91 Å². The van der Waals surface area contributed by atoms with Gasteiger partial charge in [0.15, 0.2) is 0 Å². The summed E-state index contributed by atoms with van der Waals surface area (Å²) in [6.07, 6.45) is 0. The predicted octanol–water partition coefficient (Wildman–Crippen LogP) is 0.537.